The summed E-state index contributed by atoms with van der Waals surface area (Å²) >= 11 is 1.82. The molecule has 1 fully saturated rings. The van der Waals surface area contributed by atoms with E-state index in [0.29, 0.717) is 12.1 Å². The molecule has 1 aromatic heterocycles. The topological polar surface area (TPSA) is 12.5 Å². The Morgan fingerprint density at radius 3 is 3.00 bits per heavy atom. The summed E-state index contributed by atoms with van der Waals surface area (Å²) in [7, 11) is 0. The van der Waals surface area contributed by atoms with Gasteiger partial charge in [-0.05, 0) is 23.1 Å². The molecule has 2 bridgehead atoms. The molecule has 3 heterocycles. The van der Waals surface area contributed by atoms with Gasteiger partial charge in [0, 0.05) is 17.7 Å². The number of hydrogen-bond acceptors (Lipinski definition) is 3. The van der Waals surface area contributed by atoms with Crippen molar-refractivity contribution in [1.82, 2.24) is 0 Å². The van der Waals surface area contributed by atoms with Crippen molar-refractivity contribution >= 4 is 17.0 Å². The summed E-state index contributed by atoms with van der Waals surface area (Å²) < 4.78 is 0. The fourth-order valence-electron chi connectivity index (χ4n) is 2.82. The maximum Gasteiger partial charge on any atom is 0.0933 e. The molecule has 17 heavy (non-hydrogen) atoms. The second-order valence-corrected chi connectivity index (χ2v) is 5.63. The third-order valence-corrected chi connectivity index (χ3v) is 4.55. The van der Waals surface area contributed by atoms with Gasteiger partial charge in [0.2, 0.25) is 0 Å². The number of hydroxylamine groups is 1. The first-order chi connectivity index (χ1) is 8.42. The van der Waals surface area contributed by atoms with Crippen LogP contribution in [0.5, 0.6) is 0 Å². The van der Waals surface area contributed by atoms with Gasteiger partial charge in [0.1, 0.15) is 0 Å². The highest BCUT2D eigenvalue weighted by molar-refractivity contribution is 7.10. The summed E-state index contributed by atoms with van der Waals surface area (Å²) in [5, 5.41) is 4.26. The summed E-state index contributed by atoms with van der Waals surface area (Å²) in [6.07, 6.45) is 2.51. The molecule has 0 radical (unpaired) electrons. The van der Waals surface area contributed by atoms with Crippen molar-refractivity contribution in [3.63, 3.8) is 0 Å². The van der Waals surface area contributed by atoms with Crippen LogP contribution in [-0.2, 0) is 11.3 Å². The molecule has 0 spiro atoms. The molecule has 0 amide bonds. The van der Waals surface area contributed by atoms with Crippen LogP contribution >= 0.6 is 11.3 Å². The maximum absolute atomic E-state index is 6.00. The highest BCUT2D eigenvalue weighted by atomic mass is 32.1. The quantitative estimate of drug-likeness (QED) is 0.759. The van der Waals surface area contributed by atoms with Crippen LogP contribution in [-0.4, -0.2) is 6.10 Å². The molecule has 2 aromatic rings. The molecule has 86 valence electrons. The summed E-state index contributed by atoms with van der Waals surface area (Å²) in [5.41, 5.74) is 2.67. The number of nitrogens with zero attached hydrogens (tertiary/aromatic N) is 1. The Bertz CT molecular complexity index is 537. The van der Waals surface area contributed by atoms with Crippen LogP contribution in [0.2, 0.25) is 0 Å². The number of hydrogen-bond donors (Lipinski definition) is 0. The van der Waals surface area contributed by atoms with Crippen molar-refractivity contribution in [1.29, 1.82) is 0 Å². The average molecular weight is 243 g/mol. The molecule has 2 nitrogen and oxygen atoms in total. The predicted molar refractivity (Wildman–Crippen MR) is 69.2 cm³/mol. The van der Waals surface area contributed by atoms with Crippen LogP contribution in [0.1, 0.15) is 22.9 Å². The molecule has 0 unspecified atom stereocenters. The van der Waals surface area contributed by atoms with E-state index < -0.39 is 0 Å². The van der Waals surface area contributed by atoms with E-state index >= 15 is 0 Å². The van der Waals surface area contributed by atoms with Crippen molar-refractivity contribution in [2.45, 2.75) is 25.0 Å². The Labute approximate surface area is 104 Å². The lowest BCUT2D eigenvalue weighted by Crippen LogP contribution is -2.27. The lowest BCUT2D eigenvalue weighted by molar-refractivity contribution is 0.0736. The highest BCUT2D eigenvalue weighted by Gasteiger charge is 2.40. The molecular weight excluding hydrogens is 230 g/mol. The third kappa shape index (κ3) is 1.43. The number of para-hydroxylation sites is 1. The van der Waals surface area contributed by atoms with E-state index in [0.717, 1.165) is 12.8 Å². The Kier molecular flexibility index (Phi) is 2.04. The number of benzene rings is 1. The van der Waals surface area contributed by atoms with Gasteiger partial charge in [-0.2, -0.15) is 0 Å². The summed E-state index contributed by atoms with van der Waals surface area (Å²) in [6, 6.07) is 13.3. The zero-order chi connectivity index (χ0) is 11.2. The van der Waals surface area contributed by atoms with Crippen molar-refractivity contribution in [2.24, 2.45) is 0 Å². The number of fused-ring (bicyclic) bond motifs is 4. The first kappa shape index (κ1) is 9.68. The van der Waals surface area contributed by atoms with Crippen LogP contribution in [0.4, 0.5) is 5.69 Å². The minimum absolute atomic E-state index is 0.358. The van der Waals surface area contributed by atoms with E-state index in [1.165, 1.54) is 16.1 Å². The predicted octanol–water partition coefficient (Wildman–Crippen LogP) is 3.56. The van der Waals surface area contributed by atoms with Crippen molar-refractivity contribution in [3.05, 3.63) is 52.2 Å². The normalized spacial score (nSPS) is 26.0. The van der Waals surface area contributed by atoms with Gasteiger partial charge in [0.25, 0.3) is 0 Å². The minimum atomic E-state index is 0.358. The van der Waals surface area contributed by atoms with Crippen molar-refractivity contribution < 1.29 is 4.84 Å². The first-order valence-corrected chi connectivity index (χ1v) is 6.87. The van der Waals surface area contributed by atoms with Gasteiger partial charge in [0.05, 0.1) is 17.8 Å². The zero-order valence-electron chi connectivity index (χ0n) is 9.37. The third-order valence-electron chi connectivity index (χ3n) is 3.58. The minimum Gasteiger partial charge on any atom is -0.269 e. The highest BCUT2D eigenvalue weighted by Crippen LogP contribution is 2.45. The van der Waals surface area contributed by atoms with E-state index in [-0.39, 0.29) is 0 Å². The first-order valence-electron chi connectivity index (χ1n) is 5.99. The van der Waals surface area contributed by atoms with Gasteiger partial charge in [-0.25, -0.2) is 5.06 Å². The Morgan fingerprint density at radius 1 is 1.18 bits per heavy atom. The largest absolute Gasteiger partial charge is 0.269 e. The average Bonchev–Trinajstić information content (AvgIpc) is 2.97. The molecule has 2 aliphatic heterocycles. The zero-order valence-corrected chi connectivity index (χ0v) is 10.2. The smallest absolute Gasteiger partial charge is 0.0933 e. The van der Waals surface area contributed by atoms with Gasteiger partial charge in [-0.3, -0.25) is 4.84 Å². The summed E-state index contributed by atoms with van der Waals surface area (Å²) in [4.78, 5) is 7.41. The SMILES string of the molecule is c1csc([C@@H]2C[C@H]3Cc4ccccc4N2O3)c1. The fourth-order valence-corrected chi connectivity index (χ4v) is 3.64. The second kappa shape index (κ2) is 3.59. The monoisotopic (exact) mass is 243 g/mol. The van der Waals surface area contributed by atoms with Gasteiger partial charge in [0.15, 0.2) is 0 Å². The van der Waals surface area contributed by atoms with Crippen molar-refractivity contribution in [2.75, 3.05) is 5.06 Å². The molecular formula is C14H13NOS. The summed E-state index contributed by atoms with van der Waals surface area (Å²) in [5.74, 6) is 0. The fraction of sp³-hybridized carbons (Fsp3) is 0.286. The van der Waals surface area contributed by atoms with Crippen LogP contribution in [0.15, 0.2) is 41.8 Å². The van der Waals surface area contributed by atoms with E-state index in [9.17, 15) is 0 Å². The van der Waals surface area contributed by atoms with Crippen LogP contribution in [0, 0.1) is 0 Å². The van der Waals surface area contributed by atoms with E-state index in [4.69, 9.17) is 4.84 Å². The molecule has 0 saturated carbocycles. The van der Waals surface area contributed by atoms with E-state index in [2.05, 4.69) is 46.8 Å². The van der Waals surface area contributed by atoms with Gasteiger partial charge < -0.3 is 0 Å². The van der Waals surface area contributed by atoms with Crippen molar-refractivity contribution in [3.8, 4) is 0 Å². The lowest BCUT2D eigenvalue weighted by Gasteiger charge is -2.29. The van der Waals surface area contributed by atoms with Crippen LogP contribution in [0.25, 0.3) is 0 Å². The van der Waals surface area contributed by atoms with Gasteiger partial charge >= 0.3 is 0 Å². The van der Waals surface area contributed by atoms with Gasteiger partial charge in [-0.1, -0.05) is 24.3 Å². The number of anilines is 1. The van der Waals surface area contributed by atoms with Gasteiger partial charge in [-0.15, -0.1) is 11.3 Å². The molecule has 0 N–H and O–H groups in total. The molecule has 3 heteroatoms. The molecule has 1 aromatic carbocycles. The van der Waals surface area contributed by atoms with Crippen LogP contribution in [0.3, 0.4) is 0 Å². The standard InChI is InChI=1S/C14H13NOS/c1-2-5-12-10(4-1)8-11-9-13(15(12)16-11)14-6-3-7-17-14/h1-7,11,13H,8-9H2/t11-,13+/m1/s1. The Hall–Kier alpha value is -1.32. The number of thiophene rings is 1. The molecule has 2 atom stereocenters. The number of rotatable bonds is 1. The molecule has 0 aliphatic carbocycles. The summed E-state index contributed by atoms with van der Waals surface area (Å²) in [6.45, 7) is 0. The van der Waals surface area contributed by atoms with Crippen LogP contribution < -0.4 is 5.06 Å². The molecule has 1 saturated heterocycles. The van der Waals surface area contributed by atoms with E-state index in [1.54, 1.807) is 0 Å². The molecule has 4 rings (SSSR count). The van der Waals surface area contributed by atoms with E-state index in [1.807, 2.05) is 11.3 Å². The maximum atomic E-state index is 6.00. The Morgan fingerprint density at radius 2 is 2.12 bits per heavy atom. The second-order valence-electron chi connectivity index (χ2n) is 4.65. The Balaban J connectivity index is 1.80. The molecule has 2 aliphatic rings. The lowest BCUT2D eigenvalue weighted by atomic mass is 10.0.